The van der Waals surface area contributed by atoms with Gasteiger partial charge in [0.2, 0.25) is 0 Å². The average Bonchev–Trinajstić information content (AvgIpc) is 3.32. The van der Waals surface area contributed by atoms with Gasteiger partial charge in [0.15, 0.2) is 0 Å². The van der Waals surface area contributed by atoms with Gasteiger partial charge in [-0.05, 0) is 48.6 Å². The molecule has 0 spiro atoms. The maximum Gasteiger partial charge on any atom is 0.251 e. The number of ether oxygens (including phenoxy) is 1. The fraction of sp³-hybridized carbons (Fsp3) is 0.407. The molecule has 2 N–H and O–H groups in total. The molecule has 0 radical (unpaired) electrons. The molecule has 7 nitrogen and oxygen atoms in total. The van der Waals surface area contributed by atoms with Crippen LogP contribution in [-0.2, 0) is 24.1 Å². The number of hydrogen-bond acceptors (Lipinski definition) is 5. The van der Waals surface area contributed by atoms with E-state index < -0.39 is 0 Å². The Bertz CT molecular complexity index is 1090. The first-order valence-electron chi connectivity index (χ1n) is 12.3. The molecule has 2 aliphatic rings. The Morgan fingerprint density at radius 2 is 1.94 bits per heavy atom. The van der Waals surface area contributed by atoms with E-state index in [1.54, 1.807) is 0 Å². The van der Waals surface area contributed by atoms with Crippen molar-refractivity contribution in [2.75, 3.05) is 39.4 Å². The van der Waals surface area contributed by atoms with Crippen LogP contribution in [0, 0.1) is 0 Å². The van der Waals surface area contributed by atoms with Gasteiger partial charge in [0, 0.05) is 50.0 Å². The number of rotatable bonds is 8. The third-order valence-corrected chi connectivity index (χ3v) is 6.76. The highest BCUT2D eigenvalue weighted by Crippen LogP contribution is 2.24. The van der Waals surface area contributed by atoms with E-state index in [2.05, 4.69) is 51.0 Å². The van der Waals surface area contributed by atoms with E-state index in [9.17, 15) is 4.79 Å². The highest BCUT2D eigenvalue weighted by Gasteiger charge is 2.23. The number of fused-ring (bicyclic) bond motifs is 1. The van der Waals surface area contributed by atoms with E-state index >= 15 is 0 Å². The monoisotopic (exact) mass is 459 g/mol. The van der Waals surface area contributed by atoms with Crippen molar-refractivity contribution >= 4 is 5.91 Å². The van der Waals surface area contributed by atoms with Crippen LogP contribution in [0.1, 0.15) is 33.6 Å². The first kappa shape index (κ1) is 22.8. The van der Waals surface area contributed by atoms with Gasteiger partial charge in [-0.15, -0.1) is 0 Å². The number of amides is 1. The Morgan fingerprint density at radius 3 is 2.79 bits per heavy atom. The summed E-state index contributed by atoms with van der Waals surface area (Å²) in [5.41, 5.74) is 5.46. The Balaban J connectivity index is 1.19. The van der Waals surface area contributed by atoms with Crippen molar-refractivity contribution in [1.29, 1.82) is 0 Å². The Morgan fingerprint density at radius 1 is 1.09 bits per heavy atom. The van der Waals surface area contributed by atoms with Crippen LogP contribution < -0.4 is 10.6 Å². The molecule has 0 bridgehead atoms. The number of aromatic nitrogens is 2. The molecule has 34 heavy (non-hydrogen) atoms. The van der Waals surface area contributed by atoms with Gasteiger partial charge in [-0.2, -0.15) is 5.10 Å². The Labute approximate surface area is 201 Å². The second-order valence-corrected chi connectivity index (χ2v) is 9.09. The number of carbonyl (C=O) groups excluding carboxylic acids is 1. The molecule has 3 aromatic rings. The summed E-state index contributed by atoms with van der Waals surface area (Å²) in [6.45, 7) is 5.77. The van der Waals surface area contributed by atoms with Crippen LogP contribution in [0.25, 0.3) is 5.69 Å². The summed E-state index contributed by atoms with van der Waals surface area (Å²) >= 11 is 0. The Hall–Kier alpha value is -3.00. The van der Waals surface area contributed by atoms with Gasteiger partial charge in [0.05, 0.1) is 25.1 Å². The van der Waals surface area contributed by atoms with Gasteiger partial charge < -0.3 is 15.4 Å². The summed E-state index contributed by atoms with van der Waals surface area (Å²) in [6.07, 6.45) is 5.01. The van der Waals surface area contributed by atoms with Crippen molar-refractivity contribution in [3.63, 3.8) is 0 Å². The SMILES string of the molecule is O=C(NCCN1CCOCC1)c1cccc(-n2ncc3c2CCC(NCc2ccccc2)C3)c1. The third-order valence-electron chi connectivity index (χ3n) is 6.76. The van der Waals surface area contributed by atoms with Crippen LogP contribution in [0.4, 0.5) is 0 Å². The van der Waals surface area contributed by atoms with Crippen LogP contribution in [0.15, 0.2) is 60.8 Å². The quantitative estimate of drug-likeness (QED) is 0.542. The highest BCUT2D eigenvalue weighted by molar-refractivity contribution is 5.94. The molecule has 1 aromatic heterocycles. The molecule has 7 heteroatoms. The standard InChI is InChI=1S/C27H33N5O2/c33-27(28-11-12-31-13-15-34-16-14-31)22-7-4-8-25(18-22)32-26-10-9-24(17-23(26)20-30-32)29-19-21-5-2-1-3-6-21/h1-8,18,20,24,29H,9-17,19H2,(H,28,33). The number of benzene rings is 2. The molecule has 1 amide bonds. The minimum atomic E-state index is -0.0405. The average molecular weight is 460 g/mol. The fourth-order valence-electron chi connectivity index (χ4n) is 4.81. The van der Waals surface area contributed by atoms with Crippen LogP contribution in [-0.4, -0.2) is 66.0 Å². The minimum absolute atomic E-state index is 0.0405. The number of nitrogens with zero attached hydrogens (tertiary/aromatic N) is 3. The van der Waals surface area contributed by atoms with Gasteiger partial charge in [0.25, 0.3) is 5.91 Å². The largest absolute Gasteiger partial charge is 0.379 e. The lowest BCUT2D eigenvalue weighted by Gasteiger charge is -2.26. The van der Waals surface area contributed by atoms with Crippen LogP contribution in [0.5, 0.6) is 0 Å². The maximum absolute atomic E-state index is 12.7. The van der Waals surface area contributed by atoms with E-state index in [0.717, 1.165) is 64.3 Å². The summed E-state index contributed by atoms with van der Waals surface area (Å²) in [5.74, 6) is -0.0405. The van der Waals surface area contributed by atoms with E-state index in [0.29, 0.717) is 18.2 Å². The van der Waals surface area contributed by atoms with Crippen molar-refractivity contribution in [3.8, 4) is 5.69 Å². The zero-order valence-corrected chi connectivity index (χ0v) is 19.6. The van der Waals surface area contributed by atoms with E-state index in [1.165, 1.54) is 16.8 Å². The molecule has 2 aromatic carbocycles. The summed E-state index contributed by atoms with van der Waals surface area (Å²) in [6, 6.07) is 18.8. The molecular formula is C27H33N5O2. The lowest BCUT2D eigenvalue weighted by Crippen LogP contribution is -2.41. The minimum Gasteiger partial charge on any atom is -0.379 e. The lowest BCUT2D eigenvalue weighted by molar-refractivity contribution is 0.0383. The third kappa shape index (κ3) is 5.55. The zero-order chi connectivity index (χ0) is 23.2. The lowest BCUT2D eigenvalue weighted by atomic mass is 9.93. The van der Waals surface area contributed by atoms with Gasteiger partial charge in [0.1, 0.15) is 0 Å². The normalized spacial score (nSPS) is 18.4. The molecule has 1 aliphatic carbocycles. The number of nitrogens with one attached hydrogen (secondary N) is 2. The van der Waals surface area contributed by atoms with Crippen molar-refractivity contribution in [1.82, 2.24) is 25.3 Å². The second kappa shape index (κ2) is 11.0. The van der Waals surface area contributed by atoms with Crippen LogP contribution in [0.3, 0.4) is 0 Å². The molecule has 2 heterocycles. The van der Waals surface area contributed by atoms with Gasteiger partial charge in [-0.25, -0.2) is 4.68 Å². The van der Waals surface area contributed by atoms with Crippen LogP contribution in [0.2, 0.25) is 0 Å². The van der Waals surface area contributed by atoms with Crippen LogP contribution >= 0.6 is 0 Å². The predicted octanol–water partition coefficient (Wildman–Crippen LogP) is 2.58. The number of morpholine rings is 1. The van der Waals surface area contributed by atoms with E-state index in [4.69, 9.17) is 4.74 Å². The number of carbonyl (C=O) groups is 1. The smallest absolute Gasteiger partial charge is 0.251 e. The van der Waals surface area contributed by atoms with E-state index in [1.807, 2.05) is 35.1 Å². The fourth-order valence-corrected chi connectivity index (χ4v) is 4.81. The second-order valence-electron chi connectivity index (χ2n) is 9.09. The van der Waals surface area contributed by atoms with Gasteiger partial charge in [-0.3, -0.25) is 9.69 Å². The molecule has 1 fully saturated rings. The molecule has 0 saturated carbocycles. The Kier molecular flexibility index (Phi) is 7.34. The van der Waals surface area contributed by atoms with Gasteiger partial charge in [-0.1, -0.05) is 36.4 Å². The molecule has 178 valence electrons. The summed E-state index contributed by atoms with van der Waals surface area (Å²) < 4.78 is 7.39. The highest BCUT2D eigenvalue weighted by atomic mass is 16.5. The summed E-state index contributed by atoms with van der Waals surface area (Å²) in [5, 5.41) is 11.4. The molecule has 5 rings (SSSR count). The molecule has 1 saturated heterocycles. The van der Waals surface area contributed by atoms with Crippen molar-refractivity contribution in [3.05, 3.63) is 83.2 Å². The maximum atomic E-state index is 12.7. The van der Waals surface area contributed by atoms with Crippen molar-refractivity contribution in [2.45, 2.75) is 31.8 Å². The summed E-state index contributed by atoms with van der Waals surface area (Å²) in [4.78, 5) is 15.1. The first-order chi connectivity index (χ1) is 16.8. The first-order valence-corrected chi connectivity index (χ1v) is 12.3. The van der Waals surface area contributed by atoms with Crippen molar-refractivity contribution in [2.24, 2.45) is 0 Å². The van der Waals surface area contributed by atoms with Gasteiger partial charge >= 0.3 is 0 Å². The van der Waals surface area contributed by atoms with E-state index in [-0.39, 0.29) is 5.91 Å². The molecule has 1 unspecified atom stereocenters. The molecular weight excluding hydrogens is 426 g/mol. The zero-order valence-electron chi connectivity index (χ0n) is 19.6. The summed E-state index contributed by atoms with van der Waals surface area (Å²) in [7, 11) is 0. The number of hydrogen-bond donors (Lipinski definition) is 2. The van der Waals surface area contributed by atoms with Crippen molar-refractivity contribution < 1.29 is 9.53 Å². The molecule has 1 atom stereocenters. The topological polar surface area (TPSA) is 71.4 Å². The molecule has 1 aliphatic heterocycles. The predicted molar refractivity (Wildman–Crippen MR) is 132 cm³/mol.